The SMILES string of the molecule is CC(C)(C#N)c1cc(F)cc(Br)c1.CC(C)(C#N)c1cc(F)cc(C(=O)O)c1. The second-order valence-electron chi connectivity index (χ2n) is 7.17. The molecule has 0 unspecified atom stereocenters. The van der Waals surface area contributed by atoms with Gasteiger partial charge in [-0.15, -0.1) is 0 Å². The van der Waals surface area contributed by atoms with Crippen molar-refractivity contribution in [3.05, 3.63) is 69.2 Å². The third kappa shape index (κ3) is 6.14. The highest BCUT2D eigenvalue weighted by Crippen LogP contribution is 2.26. The molecule has 2 rings (SSSR count). The van der Waals surface area contributed by atoms with Gasteiger partial charge in [-0.05, 0) is 75.2 Å². The number of nitrogens with zero attached hydrogens (tertiary/aromatic N) is 2. The molecule has 0 aliphatic heterocycles. The molecule has 7 heteroatoms. The molecule has 0 bridgehead atoms. The van der Waals surface area contributed by atoms with Gasteiger partial charge in [0.05, 0.1) is 28.5 Å². The molecule has 0 fully saturated rings. The summed E-state index contributed by atoms with van der Waals surface area (Å²) in [7, 11) is 0. The van der Waals surface area contributed by atoms with E-state index in [2.05, 4.69) is 22.0 Å². The smallest absolute Gasteiger partial charge is 0.335 e. The molecule has 0 spiro atoms. The highest BCUT2D eigenvalue weighted by molar-refractivity contribution is 9.10. The minimum Gasteiger partial charge on any atom is -0.478 e. The van der Waals surface area contributed by atoms with Crippen LogP contribution in [0.25, 0.3) is 0 Å². The minimum absolute atomic E-state index is 0.145. The van der Waals surface area contributed by atoms with Gasteiger partial charge in [0.1, 0.15) is 11.6 Å². The number of carboxylic acids is 1. The third-order valence-corrected chi connectivity index (χ3v) is 4.47. The summed E-state index contributed by atoms with van der Waals surface area (Å²) in [6.07, 6.45) is 0. The summed E-state index contributed by atoms with van der Waals surface area (Å²) in [6, 6.07) is 12.0. The number of halogens is 3. The average molecular weight is 449 g/mol. The molecule has 1 N–H and O–H groups in total. The van der Waals surface area contributed by atoms with E-state index in [1.807, 2.05) is 6.07 Å². The van der Waals surface area contributed by atoms with Gasteiger partial charge in [-0.1, -0.05) is 15.9 Å². The Morgan fingerprint density at radius 1 is 0.893 bits per heavy atom. The Bertz CT molecular complexity index is 953. The molecular weight excluding hydrogens is 430 g/mol. The molecular formula is C21H19BrF2N2O2. The van der Waals surface area contributed by atoms with E-state index in [9.17, 15) is 13.6 Å². The molecule has 0 heterocycles. The molecule has 0 aliphatic rings. The van der Waals surface area contributed by atoms with Gasteiger partial charge in [-0.3, -0.25) is 0 Å². The molecule has 0 atom stereocenters. The van der Waals surface area contributed by atoms with E-state index < -0.39 is 22.6 Å². The van der Waals surface area contributed by atoms with Gasteiger partial charge < -0.3 is 5.11 Å². The summed E-state index contributed by atoms with van der Waals surface area (Å²) in [5, 5.41) is 26.4. The van der Waals surface area contributed by atoms with Crippen molar-refractivity contribution in [2.75, 3.05) is 0 Å². The largest absolute Gasteiger partial charge is 0.478 e. The fourth-order valence-electron chi connectivity index (χ4n) is 2.12. The Kier molecular flexibility index (Phi) is 7.43. The van der Waals surface area contributed by atoms with Gasteiger partial charge in [-0.25, -0.2) is 13.6 Å². The highest BCUT2D eigenvalue weighted by atomic mass is 79.9. The van der Waals surface area contributed by atoms with Crippen molar-refractivity contribution >= 4 is 21.9 Å². The molecule has 0 saturated heterocycles. The van der Waals surface area contributed by atoms with Crippen LogP contribution in [0.2, 0.25) is 0 Å². The minimum atomic E-state index is -1.20. The molecule has 0 aromatic heterocycles. The normalized spacial score (nSPS) is 10.9. The van der Waals surface area contributed by atoms with Crippen LogP contribution in [0.5, 0.6) is 0 Å². The number of hydrogen-bond acceptors (Lipinski definition) is 3. The van der Waals surface area contributed by atoms with Crippen LogP contribution < -0.4 is 0 Å². The predicted octanol–water partition coefficient (Wildman–Crippen LogP) is 5.71. The Balaban J connectivity index is 0.000000283. The maximum atomic E-state index is 13.1. The number of rotatable bonds is 3. The molecule has 146 valence electrons. The Morgan fingerprint density at radius 3 is 1.71 bits per heavy atom. The summed E-state index contributed by atoms with van der Waals surface area (Å²) < 4.78 is 26.7. The molecule has 2 aromatic carbocycles. The first-order chi connectivity index (χ1) is 12.8. The van der Waals surface area contributed by atoms with Gasteiger partial charge >= 0.3 is 5.97 Å². The van der Waals surface area contributed by atoms with Crippen LogP contribution in [-0.2, 0) is 10.8 Å². The van der Waals surface area contributed by atoms with Crippen LogP contribution in [0.3, 0.4) is 0 Å². The van der Waals surface area contributed by atoms with E-state index in [1.165, 1.54) is 24.3 Å². The number of aromatic carboxylic acids is 1. The summed E-state index contributed by atoms with van der Waals surface area (Å²) in [5.74, 6) is -2.18. The summed E-state index contributed by atoms with van der Waals surface area (Å²) in [5.41, 5.74) is -0.644. The molecule has 0 aliphatic carbocycles. The maximum Gasteiger partial charge on any atom is 0.335 e. The van der Waals surface area contributed by atoms with Crippen LogP contribution in [-0.4, -0.2) is 11.1 Å². The van der Waals surface area contributed by atoms with Crippen molar-refractivity contribution in [1.29, 1.82) is 10.5 Å². The van der Waals surface area contributed by atoms with Crippen LogP contribution in [0.1, 0.15) is 49.2 Å². The number of hydrogen-bond donors (Lipinski definition) is 1. The fraction of sp³-hybridized carbons (Fsp3) is 0.286. The Hall–Kier alpha value is -2.77. The zero-order chi connectivity index (χ0) is 21.7. The molecule has 0 saturated carbocycles. The van der Waals surface area contributed by atoms with Gasteiger partial charge in [0.25, 0.3) is 0 Å². The maximum absolute atomic E-state index is 13.1. The standard InChI is InChI=1S/C11H10FNO2.C10H9BrFN/c1-11(2,6-13)8-3-7(10(14)15)4-9(12)5-8;1-10(2,6-13)7-3-8(11)5-9(12)4-7/h3-5H,1-2H3,(H,14,15);3-5H,1-2H3. The average Bonchev–Trinajstić information content (AvgIpc) is 2.60. The summed E-state index contributed by atoms with van der Waals surface area (Å²) in [4.78, 5) is 10.7. The first-order valence-electron chi connectivity index (χ1n) is 8.16. The molecule has 28 heavy (non-hydrogen) atoms. The Labute approximate surface area is 171 Å². The van der Waals surface area contributed by atoms with E-state index >= 15 is 0 Å². The first kappa shape index (κ1) is 23.3. The van der Waals surface area contributed by atoms with Crippen molar-refractivity contribution in [3.63, 3.8) is 0 Å². The molecule has 0 amide bonds. The van der Waals surface area contributed by atoms with Gasteiger partial charge in [0.15, 0.2) is 0 Å². The molecule has 4 nitrogen and oxygen atoms in total. The Morgan fingerprint density at radius 2 is 1.32 bits per heavy atom. The van der Waals surface area contributed by atoms with Crippen molar-refractivity contribution in [1.82, 2.24) is 0 Å². The number of carboxylic acid groups (broad SMARTS) is 1. The second-order valence-corrected chi connectivity index (χ2v) is 8.08. The third-order valence-electron chi connectivity index (χ3n) is 4.01. The second kappa shape index (κ2) is 8.95. The van der Waals surface area contributed by atoms with Crippen LogP contribution in [0.15, 0.2) is 40.9 Å². The van der Waals surface area contributed by atoms with Crippen LogP contribution in [0, 0.1) is 34.3 Å². The first-order valence-corrected chi connectivity index (χ1v) is 8.95. The molecule has 0 radical (unpaired) electrons. The van der Waals surface area contributed by atoms with E-state index in [0.717, 1.165) is 6.07 Å². The lowest BCUT2D eigenvalue weighted by Crippen LogP contribution is -2.15. The quantitative estimate of drug-likeness (QED) is 0.650. The molecule has 2 aromatic rings. The van der Waals surface area contributed by atoms with Gasteiger partial charge in [-0.2, -0.15) is 10.5 Å². The number of carbonyl (C=O) groups is 1. The summed E-state index contributed by atoms with van der Waals surface area (Å²) in [6.45, 7) is 6.73. The van der Waals surface area contributed by atoms with Gasteiger partial charge in [0.2, 0.25) is 0 Å². The lowest BCUT2D eigenvalue weighted by atomic mass is 9.85. The predicted molar refractivity (Wildman–Crippen MR) is 105 cm³/mol. The van der Waals surface area contributed by atoms with E-state index in [1.54, 1.807) is 33.8 Å². The fourth-order valence-corrected chi connectivity index (χ4v) is 2.58. The lowest BCUT2D eigenvalue weighted by Gasteiger charge is -2.16. The lowest BCUT2D eigenvalue weighted by molar-refractivity contribution is 0.0696. The topological polar surface area (TPSA) is 84.9 Å². The van der Waals surface area contributed by atoms with Crippen LogP contribution in [0.4, 0.5) is 8.78 Å². The van der Waals surface area contributed by atoms with E-state index in [-0.39, 0.29) is 11.4 Å². The highest BCUT2D eigenvalue weighted by Gasteiger charge is 2.22. The zero-order valence-corrected chi connectivity index (χ0v) is 17.4. The van der Waals surface area contributed by atoms with Gasteiger partial charge in [0, 0.05) is 4.47 Å². The van der Waals surface area contributed by atoms with E-state index in [4.69, 9.17) is 15.6 Å². The van der Waals surface area contributed by atoms with Crippen LogP contribution >= 0.6 is 15.9 Å². The zero-order valence-electron chi connectivity index (χ0n) is 15.8. The van der Waals surface area contributed by atoms with Crippen molar-refractivity contribution in [2.45, 2.75) is 38.5 Å². The monoisotopic (exact) mass is 448 g/mol. The summed E-state index contributed by atoms with van der Waals surface area (Å²) >= 11 is 3.19. The number of benzene rings is 2. The van der Waals surface area contributed by atoms with Crippen molar-refractivity contribution in [3.8, 4) is 12.1 Å². The number of nitriles is 2. The van der Waals surface area contributed by atoms with E-state index in [0.29, 0.717) is 15.6 Å². The van der Waals surface area contributed by atoms with Crippen molar-refractivity contribution < 1.29 is 18.7 Å². The van der Waals surface area contributed by atoms with Crippen molar-refractivity contribution in [2.24, 2.45) is 0 Å².